The highest BCUT2D eigenvalue weighted by atomic mass is 16.4. The molecular formula is C4H7N3O3. The van der Waals surface area contributed by atoms with Crippen molar-refractivity contribution >= 4 is 17.3 Å². The smallest absolute Gasteiger partial charge is 0.272 e. The summed E-state index contributed by atoms with van der Waals surface area (Å²) in [6.07, 6.45) is 0. The summed E-state index contributed by atoms with van der Waals surface area (Å²) in [5, 5.41) is 21.3. The van der Waals surface area contributed by atoms with Gasteiger partial charge in [0.25, 0.3) is 5.91 Å². The Morgan fingerprint density at radius 2 is 1.90 bits per heavy atom. The molecule has 0 heterocycles. The van der Waals surface area contributed by atoms with Crippen LogP contribution in [0.1, 0.15) is 6.92 Å². The van der Waals surface area contributed by atoms with Gasteiger partial charge in [0.2, 0.25) is 0 Å². The Kier molecular flexibility index (Phi) is 2.89. The minimum absolute atomic E-state index is 0.130. The fourth-order valence-corrected chi connectivity index (χ4v) is 0.347. The van der Waals surface area contributed by atoms with Gasteiger partial charge < -0.3 is 16.1 Å². The van der Waals surface area contributed by atoms with Gasteiger partial charge in [0.1, 0.15) is 5.71 Å². The van der Waals surface area contributed by atoms with E-state index in [0.717, 1.165) is 0 Å². The van der Waals surface area contributed by atoms with Crippen molar-refractivity contribution in [1.29, 1.82) is 0 Å². The largest absolute Gasteiger partial charge is 0.411 e. The number of primary amides is 1. The van der Waals surface area contributed by atoms with Crippen LogP contribution in [0.15, 0.2) is 10.3 Å². The van der Waals surface area contributed by atoms with Gasteiger partial charge >= 0.3 is 0 Å². The van der Waals surface area contributed by atoms with Gasteiger partial charge in [-0.05, 0) is 6.92 Å². The van der Waals surface area contributed by atoms with Crippen LogP contribution >= 0.6 is 0 Å². The molecule has 0 rings (SSSR count). The van der Waals surface area contributed by atoms with Crippen molar-refractivity contribution in [1.82, 2.24) is 0 Å². The van der Waals surface area contributed by atoms with E-state index < -0.39 is 11.6 Å². The molecule has 10 heavy (non-hydrogen) atoms. The molecule has 1 amide bonds. The number of rotatable bonds is 2. The molecule has 0 bridgehead atoms. The summed E-state index contributed by atoms with van der Waals surface area (Å²) in [5.74, 6) is -0.946. The quantitative estimate of drug-likeness (QED) is 0.267. The number of carbonyl (C=O) groups is 1. The molecule has 0 aromatic heterocycles. The summed E-state index contributed by atoms with van der Waals surface area (Å²) in [7, 11) is 0. The predicted molar refractivity (Wildman–Crippen MR) is 33.3 cm³/mol. The molecule has 0 atom stereocenters. The maximum Gasteiger partial charge on any atom is 0.272 e. The fourth-order valence-electron chi connectivity index (χ4n) is 0.347. The second-order valence-corrected chi connectivity index (χ2v) is 1.50. The molecule has 0 aromatic carbocycles. The molecule has 56 valence electrons. The molecule has 6 nitrogen and oxygen atoms in total. The topological polar surface area (TPSA) is 108 Å². The summed E-state index contributed by atoms with van der Waals surface area (Å²) in [4.78, 5) is 10.3. The van der Waals surface area contributed by atoms with Gasteiger partial charge in [-0.1, -0.05) is 10.3 Å². The Morgan fingerprint density at radius 3 is 2.00 bits per heavy atom. The van der Waals surface area contributed by atoms with E-state index in [1.165, 1.54) is 6.92 Å². The minimum Gasteiger partial charge on any atom is -0.411 e. The van der Waals surface area contributed by atoms with Crippen LogP contribution < -0.4 is 5.73 Å². The number of hydrogen-bond acceptors (Lipinski definition) is 5. The lowest BCUT2D eigenvalue weighted by Crippen LogP contribution is -2.29. The average molecular weight is 145 g/mol. The zero-order chi connectivity index (χ0) is 8.15. The lowest BCUT2D eigenvalue weighted by Gasteiger charge is -1.93. The zero-order valence-corrected chi connectivity index (χ0v) is 5.27. The average Bonchev–Trinajstić information content (AvgIpc) is 1.88. The number of oxime groups is 2. The van der Waals surface area contributed by atoms with Gasteiger partial charge in [-0.3, -0.25) is 4.79 Å². The molecule has 0 aliphatic carbocycles. The van der Waals surface area contributed by atoms with Crippen molar-refractivity contribution in [3.8, 4) is 0 Å². The summed E-state index contributed by atoms with van der Waals surface area (Å²) >= 11 is 0. The van der Waals surface area contributed by atoms with E-state index in [9.17, 15) is 4.79 Å². The van der Waals surface area contributed by atoms with E-state index in [-0.39, 0.29) is 5.71 Å². The Hall–Kier alpha value is -1.59. The number of carbonyl (C=O) groups excluding carboxylic acids is 1. The predicted octanol–water partition coefficient (Wildman–Crippen LogP) is -0.848. The van der Waals surface area contributed by atoms with E-state index in [1.807, 2.05) is 0 Å². The van der Waals surface area contributed by atoms with Crippen LogP contribution in [0, 0.1) is 0 Å². The van der Waals surface area contributed by atoms with Crippen LogP contribution in [-0.2, 0) is 4.79 Å². The van der Waals surface area contributed by atoms with Crippen molar-refractivity contribution in [3.05, 3.63) is 0 Å². The summed E-state index contributed by atoms with van der Waals surface area (Å²) < 4.78 is 0. The molecule has 0 aromatic rings. The first-order chi connectivity index (χ1) is 4.63. The maximum absolute atomic E-state index is 10.3. The monoisotopic (exact) mass is 145 g/mol. The van der Waals surface area contributed by atoms with E-state index in [1.54, 1.807) is 0 Å². The lowest BCUT2D eigenvalue weighted by atomic mass is 10.2. The van der Waals surface area contributed by atoms with Crippen LogP contribution in [0.5, 0.6) is 0 Å². The van der Waals surface area contributed by atoms with Gasteiger partial charge in [0.05, 0.1) is 0 Å². The van der Waals surface area contributed by atoms with Crippen LogP contribution in [0.2, 0.25) is 0 Å². The molecule has 0 aliphatic heterocycles. The highest BCUT2D eigenvalue weighted by Crippen LogP contribution is 1.81. The van der Waals surface area contributed by atoms with E-state index in [4.69, 9.17) is 16.1 Å². The van der Waals surface area contributed by atoms with Crippen molar-refractivity contribution in [2.75, 3.05) is 0 Å². The van der Waals surface area contributed by atoms with Gasteiger partial charge in [-0.2, -0.15) is 0 Å². The number of nitrogens with zero attached hydrogens (tertiary/aromatic N) is 2. The molecule has 0 spiro atoms. The first-order valence-electron chi connectivity index (χ1n) is 2.34. The van der Waals surface area contributed by atoms with Crippen LogP contribution in [0.4, 0.5) is 0 Å². The van der Waals surface area contributed by atoms with Crippen molar-refractivity contribution in [2.45, 2.75) is 6.92 Å². The normalized spacial score (nSPS) is 13.3. The first kappa shape index (κ1) is 8.41. The second kappa shape index (κ2) is 3.44. The molecule has 0 unspecified atom stereocenters. The lowest BCUT2D eigenvalue weighted by molar-refractivity contribution is -0.111. The Morgan fingerprint density at radius 1 is 1.40 bits per heavy atom. The van der Waals surface area contributed by atoms with Gasteiger partial charge in [-0.25, -0.2) is 0 Å². The van der Waals surface area contributed by atoms with Crippen molar-refractivity contribution < 1.29 is 15.2 Å². The standard InChI is InChI=1S/C4H7N3O3/c1-2(6-9)3(7-10)4(5)8/h9-10H,1H3,(H2,5,8). The van der Waals surface area contributed by atoms with Crippen LogP contribution in [-0.4, -0.2) is 27.7 Å². The van der Waals surface area contributed by atoms with Crippen LogP contribution in [0.3, 0.4) is 0 Å². The van der Waals surface area contributed by atoms with Crippen molar-refractivity contribution in [3.63, 3.8) is 0 Å². The van der Waals surface area contributed by atoms with E-state index in [0.29, 0.717) is 0 Å². The Bertz CT molecular complexity index is 196. The van der Waals surface area contributed by atoms with Crippen LogP contribution in [0.25, 0.3) is 0 Å². The molecule has 0 fully saturated rings. The third-order valence-corrected chi connectivity index (χ3v) is 0.826. The molecule has 0 saturated carbocycles. The second-order valence-electron chi connectivity index (χ2n) is 1.50. The third kappa shape index (κ3) is 1.73. The zero-order valence-electron chi connectivity index (χ0n) is 5.27. The Labute approximate surface area is 56.6 Å². The molecule has 0 aliphatic rings. The fraction of sp³-hybridized carbons (Fsp3) is 0.250. The van der Waals surface area contributed by atoms with Gasteiger partial charge in [0, 0.05) is 0 Å². The number of amides is 1. The molecule has 0 radical (unpaired) electrons. The molecule has 0 saturated heterocycles. The molecular weight excluding hydrogens is 138 g/mol. The highest BCUT2D eigenvalue weighted by molar-refractivity contribution is 6.66. The third-order valence-electron chi connectivity index (χ3n) is 0.826. The summed E-state index contributed by atoms with van der Waals surface area (Å²) in [6.45, 7) is 1.28. The SMILES string of the molecule is CC(=NO)C(=NO)C(N)=O. The highest BCUT2D eigenvalue weighted by Gasteiger charge is 2.11. The van der Waals surface area contributed by atoms with E-state index >= 15 is 0 Å². The van der Waals surface area contributed by atoms with Crippen molar-refractivity contribution in [2.24, 2.45) is 16.0 Å². The van der Waals surface area contributed by atoms with Gasteiger partial charge in [-0.15, -0.1) is 0 Å². The first-order valence-corrected chi connectivity index (χ1v) is 2.34. The summed E-state index contributed by atoms with van der Waals surface area (Å²) in [6, 6.07) is 0. The minimum atomic E-state index is -0.946. The Balaban J connectivity index is 4.56. The maximum atomic E-state index is 10.3. The van der Waals surface area contributed by atoms with Gasteiger partial charge in [0.15, 0.2) is 5.71 Å². The molecule has 4 N–H and O–H groups in total. The molecule has 6 heteroatoms. The summed E-state index contributed by atoms with van der Waals surface area (Å²) in [5.41, 5.74) is 4.12. The van der Waals surface area contributed by atoms with E-state index in [2.05, 4.69) is 10.3 Å². The number of hydrogen-bond donors (Lipinski definition) is 3. The number of nitrogens with two attached hydrogens (primary N) is 1.